The number of nitrogens with one attached hydrogen (secondary N) is 2. The Morgan fingerprint density at radius 1 is 1.12 bits per heavy atom. The Morgan fingerprint density at radius 2 is 1.90 bits per heavy atom. The van der Waals surface area contributed by atoms with Gasteiger partial charge in [-0.25, -0.2) is 0 Å². The molecular formula is C34H47FN4S. The van der Waals surface area contributed by atoms with Crippen LogP contribution in [0.5, 0.6) is 0 Å². The van der Waals surface area contributed by atoms with E-state index in [9.17, 15) is 3.89 Å². The van der Waals surface area contributed by atoms with Gasteiger partial charge in [-0.05, 0) is 68.9 Å². The summed E-state index contributed by atoms with van der Waals surface area (Å²) in [6.07, 6.45) is 17.1. The van der Waals surface area contributed by atoms with Crippen molar-refractivity contribution in [3.8, 4) is 0 Å². The molecule has 0 amide bonds. The first kappa shape index (κ1) is 33.1. The van der Waals surface area contributed by atoms with Crippen LogP contribution in [-0.4, -0.2) is 15.7 Å². The summed E-state index contributed by atoms with van der Waals surface area (Å²) in [5, 5.41) is 4.80. The molecule has 4 nitrogen and oxygen atoms in total. The summed E-state index contributed by atoms with van der Waals surface area (Å²) in [7, 11) is 0. The van der Waals surface area contributed by atoms with Gasteiger partial charge in [-0.1, -0.05) is 77.0 Å². The molecule has 3 aromatic rings. The van der Waals surface area contributed by atoms with Crippen molar-refractivity contribution in [2.24, 2.45) is 10.9 Å². The van der Waals surface area contributed by atoms with E-state index >= 15 is 0 Å². The number of hydrogen-bond acceptors (Lipinski definition) is 4. The minimum absolute atomic E-state index is 0.201. The lowest BCUT2D eigenvalue weighted by Crippen LogP contribution is -2.17. The standard InChI is InChI=1S/C31H39FN4S.C3H8/c1-5-12-26(14-7-8-15-27-22-35-29-17-10-9-16-28(27)29)30(36-24(4)31(6-2)37-32)19-23(3)34-21-25-13-11-18-33-20-25;1-3-2/h6,9-11,13,16-20,22,26,34-35H,2,5,7-8,12,14-15,21H2,1,3-4H3;3H2,1-2H3/b23-19+,31-24-,36-30+;. The number of fused-ring (bicyclic) bond motifs is 1. The van der Waals surface area contributed by atoms with Crippen LogP contribution in [0.15, 0.2) is 95.0 Å². The van der Waals surface area contributed by atoms with E-state index in [4.69, 9.17) is 4.99 Å². The van der Waals surface area contributed by atoms with Gasteiger partial charge in [-0.15, -0.1) is 0 Å². The second kappa shape index (κ2) is 19.0. The summed E-state index contributed by atoms with van der Waals surface area (Å²) < 4.78 is 13.5. The first-order valence-electron chi connectivity index (χ1n) is 14.5. The van der Waals surface area contributed by atoms with Gasteiger partial charge in [-0.3, -0.25) is 9.98 Å². The summed E-state index contributed by atoms with van der Waals surface area (Å²) in [5.41, 5.74) is 6.38. The minimum atomic E-state index is 0.201. The number of hydrogen-bond donors (Lipinski definition) is 2. The second-order valence-corrected chi connectivity index (χ2v) is 10.7. The van der Waals surface area contributed by atoms with Crippen molar-refractivity contribution >= 4 is 28.8 Å². The van der Waals surface area contributed by atoms with E-state index in [1.54, 1.807) is 6.20 Å². The van der Waals surface area contributed by atoms with Gasteiger partial charge >= 0.3 is 0 Å². The number of pyridine rings is 1. The smallest absolute Gasteiger partial charge is 0.0831 e. The highest BCUT2D eigenvalue weighted by Crippen LogP contribution is 2.26. The van der Waals surface area contributed by atoms with Crippen LogP contribution >= 0.6 is 12.1 Å². The maximum Gasteiger partial charge on any atom is 0.0831 e. The Morgan fingerprint density at radius 3 is 2.58 bits per heavy atom. The third kappa shape index (κ3) is 11.2. The summed E-state index contributed by atoms with van der Waals surface area (Å²) in [4.78, 5) is 13.0. The van der Waals surface area contributed by atoms with Gasteiger partial charge in [0.05, 0.1) is 22.8 Å². The number of allylic oxidation sites excluding steroid dienone is 4. The molecule has 0 fully saturated rings. The fraction of sp³-hybridized carbons (Fsp3) is 0.412. The number of halogens is 1. The molecular weight excluding hydrogens is 515 g/mol. The summed E-state index contributed by atoms with van der Waals surface area (Å²) in [6, 6.07) is 12.5. The van der Waals surface area contributed by atoms with Crippen LogP contribution in [-0.2, 0) is 13.0 Å². The van der Waals surface area contributed by atoms with Crippen molar-refractivity contribution in [2.45, 2.75) is 86.1 Å². The molecule has 216 valence electrons. The molecule has 2 heterocycles. The predicted molar refractivity (Wildman–Crippen MR) is 174 cm³/mol. The number of aromatic amines is 1. The molecule has 0 radical (unpaired) electrons. The molecule has 2 aromatic heterocycles. The number of nitrogens with zero attached hydrogens (tertiary/aromatic N) is 2. The van der Waals surface area contributed by atoms with Crippen molar-refractivity contribution < 1.29 is 3.89 Å². The van der Waals surface area contributed by atoms with Gasteiger partial charge < -0.3 is 10.3 Å². The van der Waals surface area contributed by atoms with E-state index in [0.717, 1.165) is 55.5 Å². The topological polar surface area (TPSA) is 53.1 Å². The van der Waals surface area contributed by atoms with Gasteiger partial charge in [0.1, 0.15) is 0 Å². The highest BCUT2D eigenvalue weighted by atomic mass is 32.2. The summed E-state index contributed by atoms with van der Waals surface area (Å²) in [6.45, 7) is 14.8. The van der Waals surface area contributed by atoms with Gasteiger partial charge in [0.2, 0.25) is 0 Å². The number of aliphatic imine (C=N–C) groups is 1. The zero-order valence-corrected chi connectivity index (χ0v) is 25.8. The van der Waals surface area contributed by atoms with Crippen LogP contribution in [0.4, 0.5) is 3.89 Å². The highest BCUT2D eigenvalue weighted by molar-refractivity contribution is 7.98. The fourth-order valence-corrected chi connectivity index (χ4v) is 4.80. The van der Waals surface area contributed by atoms with Gasteiger partial charge in [0, 0.05) is 53.4 Å². The third-order valence-corrected chi connectivity index (χ3v) is 7.19. The van der Waals surface area contributed by atoms with Crippen LogP contribution < -0.4 is 5.32 Å². The Balaban J connectivity index is 0.00000178. The Labute approximate surface area is 245 Å². The van der Waals surface area contributed by atoms with Crippen LogP contribution in [0.3, 0.4) is 0 Å². The SMILES string of the molecule is C=C/C(SF)=C(C)/N=C(\C=C(/C)NCc1cccnc1)C(CCC)CCCCc1c[nH]c2ccccc12.CCC. The van der Waals surface area contributed by atoms with Crippen molar-refractivity contribution in [2.75, 3.05) is 0 Å². The van der Waals surface area contributed by atoms with E-state index in [2.05, 4.69) is 92.2 Å². The van der Waals surface area contributed by atoms with Crippen molar-refractivity contribution in [1.82, 2.24) is 15.3 Å². The van der Waals surface area contributed by atoms with Crippen molar-refractivity contribution in [1.29, 1.82) is 0 Å². The largest absolute Gasteiger partial charge is 0.384 e. The number of aromatic nitrogens is 2. The van der Waals surface area contributed by atoms with Crippen LogP contribution in [0.2, 0.25) is 0 Å². The van der Waals surface area contributed by atoms with E-state index in [-0.39, 0.29) is 12.1 Å². The highest BCUT2D eigenvalue weighted by Gasteiger charge is 2.15. The van der Waals surface area contributed by atoms with Gasteiger partial charge in [0.15, 0.2) is 0 Å². The summed E-state index contributed by atoms with van der Waals surface area (Å²) in [5.74, 6) is 0.300. The first-order chi connectivity index (χ1) is 19.5. The molecule has 3 rings (SSSR count). The molecule has 1 unspecified atom stereocenters. The molecule has 1 aromatic carbocycles. The van der Waals surface area contributed by atoms with Crippen LogP contribution in [0, 0.1) is 5.92 Å². The molecule has 40 heavy (non-hydrogen) atoms. The number of para-hydroxylation sites is 1. The number of unbranched alkanes of at least 4 members (excludes halogenated alkanes) is 1. The lowest BCUT2D eigenvalue weighted by atomic mass is 9.90. The Kier molecular flexibility index (Phi) is 15.8. The lowest BCUT2D eigenvalue weighted by molar-refractivity contribution is 0.530. The van der Waals surface area contributed by atoms with E-state index < -0.39 is 0 Å². The average molecular weight is 563 g/mol. The van der Waals surface area contributed by atoms with E-state index in [0.29, 0.717) is 23.1 Å². The zero-order chi connectivity index (χ0) is 29.2. The molecule has 0 aliphatic carbocycles. The number of rotatable bonds is 15. The van der Waals surface area contributed by atoms with Crippen molar-refractivity contribution in [3.63, 3.8) is 0 Å². The third-order valence-electron chi connectivity index (χ3n) is 6.56. The maximum atomic E-state index is 13.5. The molecule has 6 heteroatoms. The molecule has 2 N–H and O–H groups in total. The molecule has 0 aliphatic rings. The Bertz CT molecular complexity index is 1240. The number of aryl methyl sites for hydroxylation is 1. The molecule has 0 aliphatic heterocycles. The quantitative estimate of drug-likeness (QED) is 0.110. The van der Waals surface area contributed by atoms with E-state index in [1.165, 1.54) is 29.0 Å². The van der Waals surface area contributed by atoms with Gasteiger partial charge in [-0.2, -0.15) is 3.89 Å². The monoisotopic (exact) mass is 562 g/mol. The maximum absolute atomic E-state index is 13.5. The molecule has 0 bridgehead atoms. The average Bonchev–Trinajstić information content (AvgIpc) is 3.38. The van der Waals surface area contributed by atoms with E-state index in [1.807, 2.05) is 19.2 Å². The fourth-order valence-electron chi connectivity index (χ4n) is 4.58. The normalized spacial score (nSPS) is 13.3. The number of H-pyrrole nitrogens is 1. The molecule has 0 saturated heterocycles. The van der Waals surface area contributed by atoms with Crippen molar-refractivity contribution in [3.05, 3.63) is 101 Å². The zero-order valence-electron chi connectivity index (χ0n) is 25.0. The molecule has 1 atom stereocenters. The predicted octanol–water partition coefficient (Wildman–Crippen LogP) is 10.3. The number of benzene rings is 1. The Hall–Kier alpha value is -3.12. The summed E-state index contributed by atoms with van der Waals surface area (Å²) >= 11 is 0.201. The van der Waals surface area contributed by atoms with Crippen LogP contribution in [0.25, 0.3) is 10.9 Å². The molecule has 0 saturated carbocycles. The minimum Gasteiger partial charge on any atom is -0.384 e. The lowest BCUT2D eigenvalue weighted by Gasteiger charge is -2.19. The first-order valence-corrected chi connectivity index (χ1v) is 15.2. The molecule has 0 spiro atoms. The van der Waals surface area contributed by atoms with Crippen LogP contribution in [0.1, 0.15) is 84.3 Å². The van der Waals surface area contributed by atoms with Gasteiger partial charge in [0.25, 0.3) is 0 Å². The second-order valence-electron chi connectivity index (χ2n) is 10.1.